The molecule has 0 saturated carbocycles. The summed E-state index contributed by atoms with van der Waals surface area (Å²) in [4.78, 5) is 2.83. The van der Waals surface area contributed by atoms with Gasteiger partial charge in [0, 0.05) is 24.1 Å². The van der Waals surface area contributed by atoms with Gasteiger partial charge in [0.2, 0.25) is 0 Å². The topological polar surface area (TPSA) is 38.5 Å². The number of alkyl halides is 2. The standard InChI is InChI=1S/C13H13F3N2OS/c1-18(7-8-3-2-4-20-8)11-6-12(19-13(15)16)9(14)5-10(11)17/h2-6,13H,7,17H2,1H3. The van der Waals surface area contributed by atoms with Crippen LogP contribution in [0.5, 0.6) is 5.75 Å². The molecule has 0 amide bonds. The molecule has 0 saturated heterocycles. The van der Waals surface area contributed by atoms with Crippen molar-refractivity contribution in [3.05, 3.63) is 40.3 Å². The maximum atomic E-state index is 13.5. The smallest absolute Gasteiger partial charge is 0.387 e. The summed E-state index contributed by atoms with van der Waals surface area (Å²) in [6, 6.07) is 6.02. The Balaban J connectivity index is 2.25. The van der Waals surface area contributed by atoms with E-state index in [1.165, 1.54) is 6.07 Å². The number of hydrogen-bond acceptors (Lipinski definition) is 4. The molecule has 0 spiro atoms. The van der Waals surface area contributed by atoms with Crippen molar-refractivity contribution in [2.24, 2.45) is 0 Å². The molecule has 0 unspecified atom stereocenters. The molecular weight excluding hydrogens is 289 g/mol. The summed E-state index contributed by atoms with van der Waals surface area (Å²) in [5.41, 5.74) is 6.34. The fraction of sp³-hybridized carbons (Fsp3) is 0.231. The summed E-state index contributed by atoms with van der Waals surface area (Å²) < 4.78 is 42.0. The first-order valence-electron chi connectivity index (χ1n) is 5.74. The molecule has 0 aliphatic heterocycles. The van der Waals surface area contributed by atoms with E-state index in [1.807, 2.05) is 17.5 Å². The summed E-state index contributed by atoms with van der Waals surface area (Å²) in [5, 5.41) is 1.93. The second kappa shape index (κ2) is 6.04. The van der Waals surface area contributed by atoms with Gasteiger partial charge in [-0.2, -0.15) is 8.78 Å². The van der Waals surface area contributed by atoms with Gasteiger partial charge in [-0.3, -0.25) is 0 Å². The van der Waals surface area contributed by atoms with Crippen LogP contribution in [0.25, 0.3) is 0 Å². The largest absolute Gasteiger partial charge is 0.432 e. The highest BCUT2D eigenvalue weighted by Gasteiger charge is 2.15. The SMILES string of the molecule is CN(Cc1cccs1)c1cc(OC(F)F)c(F)cc1N. The third-order valence-corrected chi connectivity index (χ3v) is 3.54. The molecule has 2 N–H and O–H groups in total. The molecule has 2 aromatic rings. The van der Waals surface area contributed by atoms with Gasteiger partial charge in [-0.1, -0.05) is 6.07 Å². The number of nitrogens with two attached hydrogens (primary N) is 1. The Morgan fingerprint density at radius 2 is 2.15 bits per heavy atom. The number of nitrogen functional groups attached to an aromatic ring is 1. The maximum absolute atomic E-state index is 13.5. The van der Waals surface area contributed by atoms with E-state index in [0.29, 0.717) is 12.2 Å². The fourth-order valence-electron chi connectivity index (χ4n) is 1.80. The van der Waals surface area contributed by atoms with E-state index in [0.717, 1.165) is 10.9 Å². The van der Waals surface area contributed by atoms with Crippen molar-refractivity contribution in [2.75, 3.05) is 17.7 Å². The molecule has 0 aliphatic rings. The van der Waals surface area contributed by atoms with Crippen LogP contribution < -0.4 is 15.4 Å². The fourth-order valence-corrected chi connectivity index (χ4v) is 2.55. The first kappa shape index (κ1) is 14.5. The van der Waals surface area contributed by atoms with Crippen molar-refractivity contribution in [1.82, 2.24) is 0 Å². The predicted molar refractivity (Wildman–Crippen MR) is 73.9 cm³/mol. The lowest BCUT2D eigenvalue weighted by Crippen LogP contribution is -2.18. The van der Waals surface area contributed by atoms with Gasteiger partial charge in [0.15, 0.2) is 11.6 Å². The number of halogens is 3. The molecule has 0 fully saturated rings. The second-order valence-corrected chi connectivity index (χ2v) is 5.19. The number of nitrogens with zero attached hydrogens (tertiary/aromatic N) is 1. The van der Waals surface area contributed by atoms with Gasteiger partial charge in [-0.25, -0.2) is 4.39 Å². The zero-order valence-electron chi connectivity index (χ0n) is 10.6. The Morgan fingerprint density at radius 1 is 1.40 bits per heavy atom. The molecule has 108 valence electrons. The van der Waals surface area contributed by atoms with Crippen molar-refractivity contribution in [2.45, 2.75) is 13.2 Å². The van der Waals surface area contributed by atoms with Crippen LogP contribution in [0.4, 0.5) is 24.5 Å². The molecule has 0 radical (unpaired) electrons. The quantitative estimate of drug-likeness (QED) is 0.856. The highest BCUT2D eigenvalue weighted by molar-refractivity contribution is 7.09. The van der Waals surface area contributed by atoms with E-state index in [2.05, 4.69) is 4.74 Å². The van der Waals surface area contributed by atoms with Gasteiger partial charge in [-0.05, 0) is 11.4 Å². The maximum Gasteiger partial charge on any atom is 0.387 e. The molecule has 3 nitrogen and oxygen atoms in total. The third-order valence-electron chi connectivity index (χ3n) is 2.68. The lowest BCUT2D eigenvalue weighted by molar-refractivity contribution is -0.0521. The lowest BCUT2D eigenvalue weighted by atomic mass is 10.2. The van der Waals surface area contributed by atoms with E-state index in [9.17, 15) is 13.2 Å². The first-order valence-corrected chi connectivity index (χ1v) is 6.62. The van der Waals surface area contributed by atoms with Gasteiger partial charge in [0.1, 0.15) is 0 Å². The summed E-state index contributed by atoms with van der Waals surface area (Å²) in [6.45, 7) is -2.54. The van der Waals surface area contributed by atoms with Gasteiger partial charge in [0.05, 0.1) is 17.9 Å². The normalized spacial score (nSPS) is 10.8. The van der Waals surface area contributed by atoms with Crippen LogP contribution in [0.15, 0.2) is 29.6 Å². The van der Waals surface area contributed by atoms with Crippen molar-refractivity contribution in [3.8, 4) is 5.75 Å². The molecule has 1 heterocycles. The van der Waals surface area contributed by atoms with Crippen LogP contribution in [0.2, 0.25) is 0 Å². The molecule has 1 aromatic carbocycles. The molecule has 0 aliphatic carbocycles. The summed E-state index contributed by atoms with van der Waals surface area (Å²) >= 11 is 1.56. The highest BCUT2D eigenvalue weighted by atomic mass is 32.1. The zero-order valence-corrected chi connectivity index (χ0v) is 11.5. The van der Waals surface area contributed by atoms with E-state index in [-0.39, 0.29) is 5.69 Å². The second-order valence-electron chi connectivity index (χ2n) is 4.16. The minimum Gasteiger partial charge on any atom is -0.432 e. The summed E-state index contributed by atoms with van der Waals surface area (Å²) in [7, 11) is 1.75. The number of anilines is 2. The number of rotatable bonds is 5. The molecular formula is C13H13F3N2OS. The molecule has 2 rings (SSSR count). The van der Waals surface area contributed by atoms with Crippen LogP contribution in [-0.4, -0.2) is 13.7 Å². The van der Waals surface area contributed by atoms with Crippen molar-refractivity contribution in [3.63, 3.8) is 0 Å². The highest BCUT2D eigenvalue weighted by Crippen LogP contribution is 2.32. The van der Waals surface area contributed by atoms with Gasteiger partial charge in [-0.15, -0.1) is 11.3 Å². The number of ether oxygens (including phenoxy) is 1. The van der Waals surface area contributed by atoms with Crippen LogP contribution >= 0.6 is 11.3 Å². The monoisotopic (exact) mass is 302 g/mol. The van der Waals surface area contributed by atoms with Crippen molar-refractivity contribution in [1.29, 1.82) is 0 Å². The summed E-state index contributed by atoms with van der Waals surface area (Å²) in [6.07, 6.45) is 0. The molecule has 0 atom stereocenters. The summed E-state index contributed by atoms with van der Waals surface area (Å²) in [5.74, 6) is -1.42. The van der Waals surface area contributed by atoms with E-state index in [1.54, 1.807) is 23.3 Å². The Bertz CT molecular complexity index is 575. The van der Waals surface area contributed by atoms with Crippen molar-refractivity contribution < 1.29 is 17.9 Å². The van der Waals surface area contributed by atoms with E-state index >= 15 is 0 Å². The average molecular weight is 302 g/mol. The number of thiophene rings is 1. The third kappa shape index (κ3) is 3.36. The molecule has 7 heteroatoms. The van der Waals surface area contributed by atoms with Crippen LogP contribution in [0, 0.1) is 5.82 Å². The Morgan fingerprint density at radius 3 is 2.75 bits per heavy atom. The molecule has 20 heavy (non-hydrogen) atoms. The van der Waals surface area contributed by atoms with Crippen LogP contribution in [0.3, 0.4) is 0 Å². The zero-order chi connectivity index (χ0) is 14.7. The first-order chi connectivity index (χ1) is 9.47. The van der Waals surface area contributed by atoms with E-state index < -0.39 is 18.2 Å². The van der Waals surface area contributed by atoms with Gasteiger partial charge in [0.25, 0.3) is 0 Å². The molecule has 0 bridgehead atoms. The Kier molecular flexibility index (Phi) is 4.39. The van der Waals surface area contributed by atoms with Crippen molar-refractivity contribution >= 4 is 22.7 Å². The Labute approximate surface area is 118 Å². The lowest BCUT2D eigenvalue weighted by Gasteiger charge is -2.21. The predicted octanol–water partition coefficient (Wildman–Crippen LogP) is 3.71. The minimum atomic E-state index is -3.08. The number of benzene rings is 1. The minimum absolute atomic E-state index is 0.170. The van der Waals surface area contributed by atoms with Gasteiger partial charge >= 0.3 is 6.61 Å². The average Bonchev–Trinajstić information content (AvgIpc) is 2.84. The number of hydrogen-bond donors (Lipinski definition) is 1. The van der Waals surface area contributed by atoms with Gasteiger partial charge < -0.3 is 15.4 Å². The van der Waals surface area contributed by atoms with Crippen LogP contribution in [0.1, 0.15) is 4.88 Å². The van der Waals surface area contributed by atoms with Crippen LogP contribution in [-0.2, 0) is 6.54 Å². The van der Waals surface area contributed by atoms with E-state index in [4.69, 9.17) is 5.73 Å². The molecule has 1 aromatic heterocycles. The Hall–Kier alpha value is -1.89.